The zero-order valence-electron chi connectivity index (χ0n) is 13.9. The van der Waals surface area contributed by atoms with E-state index >= 15 is 0 Å². The van der Waals surface area contributed by atoms with Crippen molar-refractivity contribution >= 4 is 24.8 Å². The summed E-state index contributed by atoms with van der Waals surface area (Å²) in [4.78, 5) is 2.32. The van der Waals surface area contributed by atoms with Gasteiger partial charge in [-0.15, -0.1) is 24.8 Å². The smallest absolute Gasteiger partial charge is 0.416 e. The van der Waals surface area contributed by atoms with Crippen molar-refractivity contribution in [3.8, 4) is 5.75 Å². The summed E-state index contributed by atoms with van der Waals surface area (Å²) in [5, 5.41) is 3.30. The first-order valence-corrected chi connectivity index (χ1v) is 7.67. The molecule has 24 heavy (non-hydrogen) atoms. The average Bonchev–Trinajstić information content (AvgIpc) is 2.52. The molecule has 1 fully saturated rings. The number of nitrogens with zero attached hydrogens (tertiary/aromatic N) is 1. The van der Waals surface area contributed by atoms with Gasteiger partial charge in [-0.2, -0.15) is 13.2 Å². The van der Waals surface area contributed by atoms with Crippen molar-refractivity contribution in [2.24, 2.45) is 0 Å². The van der Waals surface area contributed by atoms with E-state index < -0.39 is 11.7 Å². The maximum atomic E-state index is 12.9. The number of benzene rings is 1. The van der Waals surface area contributed by atoms with E-state index in [0.717, 1.165) is 56.7 Å². The molecule has 1 aromatic carbocycles. The fraction of sp³-hybridized carbons (Fsp3) is 0.625. The normalized spacial score (nSPS) is 16.7. The van der Waals surface area contributed by atoms with Crippen LogP contribution in [0.3, 0.4) is 0 Å². The molecule has 1 saturated heterocycles. The molecule has 0 saturated carbocycles. The van der Waals surface area contributed by atoms with Crippen LogP contribution < -0.4 is 10.1 Å². The molecule has 8 heteroatoms. The third-order valence-electron chi connectivity index (χ3n) is 4.07. The van der Waals surface area contributed by atoms with E-state index in [1.54, 1.807) is 6.07 Å². The largest absolute Gasteiger partial charge is 0.496 e. The highest BCUT2D eigenvalue weighted by Gasteiger charge is 2.32. The Bertz CT molecular complexity index is 495. The van der Waals surface area contributed by atoms with Crippen molar-refractivity contribution < 1.29 is 17.9 Å². The summed E-state index contributed by atoms with van der Waals surface area (Å²) >= 11 is 0. The van der Waals surface area contributed by atoms with Gasteiger partial charge in [-0.3, -0.25) is 4.90 Å². The highest BCUT2D eigenvalue weighted by molar-refractivity contribution is 5.85. The quantitative estimate of drug-likeness (QED) is 0.813. The van der Waals surface area contributed by atoms with Crippen LogP contribution in [0.2, 0.25) is 0 Å². The molecular weight excluding hydrogens is 364 g/mol. The Morgan fingerprint density at radius 2 is 1.83 bits per heavy atom. The van der Waals surface area contributed by atoms with Crippen molar-refractivity contribution in [2.75, 3.05) is 33.3 Å². The summed E-state index contributed by atoms with van der Waals surface area (Å²) in [6.45, 7) is 5.70. The number of nitrogens with one attached hydrogen (secondary N) is 1. The lowest BCUT2D eigenvalue weighted by Gasteiger charge is -2.36. The van der Waals surface area contributed by atoms with Crippen LogP contribution in [-0.4, -0.2) is 38.2 Å². The van der Waals surface area contributed by atoms with Crippen LogP contribution in [0.25, 0.3) is 0 Å². The van der Waals surface area contributed by atoms with Gasteiger partial charge >= 0.3 is 6.18 Å². The predicted octanol–water partition coefficient (Wildman–Crippen LogP) is 4.30. The molecule has 0 spiro atoms. The molecule has 0 aromatic heterocycles. The van der Waals surface area contributed by atoms with Gasteiger partial charge in [0.2, 0.25) is 0 Å². The predicted molar refractivity (Wildman–Crippen MR) is 94.6 cm³/mol. The number of hydrogen-bond acceptors (Lipinski definition) is 3. The first kappa shape index (κ1) is 23.3. The maximum absolute atomic E-state index is 12.9. The zero-order valence-corrected chi connectivity index (χ0v) is 15.5. The number of rotatable bonds is 5. The van der Waals surface area contributed by atoms with Crippen molar-refractivity contribution in [1.82, 2.24) is 10.2 Å². The van der Waals surface area contributed by atoms with E-state index in [1.807, 2.05) is 0 Å². The summed E-state index contributed by atoms with van der Waals surface area (Å²) < 4.78 is 43.9. The topological polar surface area (TPSA) is 24.5 Å². The van der Waals surface area contributed by atoms with E-state index in [-0.39, 0.29) is 30.9 Å². The minimum atomic E-state index is -4.35. The lowest BCUT2D eigenvalue weighted by Crippen LogP contribution is -2.45. The van der Waals surface area contributed by atoms with Gasteiger partial charge < -0.3 is 10.1 Å². The Hall–Kier alpha value is -0.690. The van der Waals surface area contributed by atoms with Crippen molar-refractivity contribution in [3.63, 3.8) is 0 Å². The lowest BCUT2D eigenvalue weighted by atomic mass is 9.97. The van der Waals surface area contributed by atoms with Gasteiger partial charge in [0.05, 0.1) is 12.7 Å². The number of halogens is 5. The van der Waals surface area contributed by atoms with Crippen LogP contribution in [0.5, 0.6) is 5.75 Å². The maximum Gasteiger partial charge on any atom is 0.416 e. The molecule has 1 heterocycles. The molecule has 140 valence electrons. The standard InChI is InChI=1S/C16H23F3N2O.2ClH/c1-3-4-14(21-9-7-20-8-10-21)13-6-5-12(16(17,18)19)11-15(13)22-2;;/h5-6,11,14,20H,3-4,7-10H2,1-2H3;2*1H/t14-;;/m1../s1. The van der Waals surface area contributed by atoms with Gasteiger partial charge in [0.15, 0.2) is 0 Å². The van der Waals surface area contributed by atoms with Gasteiger partial charge in [-0.25, -0.2) is 0 Å². The summed E-state index contributed by atoms with van der Waals surface area (Å²) in [5.74, 6) is 0.326. The molecule has 0 unspecified atom stereocenters. The van der Waals surface area contributed by atoms with Crippen molar-refractivity contribution in [3.05, 3.63) is 29.3 Å². The van der Waals surface area contributed by atoms with Gasteiger partial charge in [0.25, 0.3) is 0 Å². The van der Waals surface area contributed by atoms with Crippen LogP contribution in [-0.2, 0) is 6.18 Å². The number of hydrogen-bond donors (Lipinski definition) is 1. The zero-order chi connectivity index (χ0) is 16.2. The summed E-state index contributed by atoms with van der Waals surface area (Å²) in [6.07, 6.45) is -2.47. The number of ether oxygens (including phenoxy) is 1. The SMILES string of the molecule is CCC[C@H](c1ccc(C(F)(F)F)cc1OC)N1CCNCC1.Cl.Cl. The molecule has 0 aliphatic carbocycles. The van der Waals surface area contributed by atoms with Gasteiger partial charge in [-0.1, -0.05) is 19.4 Å². The number of piperazine rings is 1. The van der Waals surface area contributed by atoms with Crippen LogP contribution in [0, 0.1) is 0 Å². The minimum absolute atomic E-state index is 0. The minimum Gasteiger partial charge on any atom is -0.496 e. The van der Waals surface area contributed by atoms with Gasteiger partial charge in [0, 0.05) is 37.8 Å². The molecule has 1 N–H and O–H groups in total. The molecule has 2 rings (SSSR count). The second-order valence-corrected chi connectivity index (χ2v) is 5.54. The highest BCUT2D eigenvalue weighted by atomic mass is 35.5. The van der Waals surface area contributed by atoms with Crippen molar-refractivity contribution in [1.29, 1.82) is 0 Å². The molecule has 1 aromatic rings. The van der Waals surface area contributed by atoms with Crippen LogP contribution >= 0.6 is 24.8 Å². The van der Waals surface area contributed by atoms with Crippen LogP contribution in [0.1, 0.15) is 36.9 Å². The molecule has 1 aliphatic rings. The fourth-order valence-corrected chi connectivity index (χ4v) is 2.96. The third-order valence-corrected chi connectivity index (χ3v) is 4.07. The van der Waals surface area contributed by atoms with Gasteiger partial charge in [-0.05, 0) is 18.6 Å². The number of methoxy groups -OCH3 is 1. The first-order chi connectivity index (χ1) is 10.5. The molecule has 3 nitrogen and oxygen atoms in total. The molecule has 0 bridgehead atoms. The Morgan fingerprint density at radius 3 is 2.33 bits per heavy atom. The van der Waals surface area contributed by atoms with Crippen LogP contribution in [0.4, 0.5) is 13.2 Å². The molecule has 1 aliphatic heterocycles. The molecule has 0 amide bonds. The van der Waals surface area contributed by atoms with Gasteiger partial charge in [0.1, 0.15) is 5.75 Å². The van der Waals surface area contributed by atoms with E-state index in [2.05, 4.69) is 17.1 Å². The second-order valence-electron chi connectivity index (χ2n) is 5.54. The highest BCUT2D eigenvalue weighted by Crippen LogP contribution is 2.38. The Balaban J connectivity index is 0.00000264. The summed E-state index contributed by atoms with van der Waals surface area (Å²) in [7, 11) is 1.43. The third kappa shape index (κ3) is 5.69. The van der Waals surface area contributed by atoms with E-state index in [9.17, 15) is 13.2 Å². The molecule has 1 atom stereocenters. The number of alkyl halides is 3. The first-order valence-electron chi connectivity index (χ1n) is 7.67. The molecular formula is C16H25Cl2F3N2O. The average molecular weight is 389 g/mol. The molecule has 0 radical (unpaired) electrons. The lowest BCUT2D eigenvalue weighted by molar-refractivity contribution is -0.137. The summed E-state index contributed by atoms with van der Waals surface area (Å²) in [6, 6.07) is 3.94. The van der Waals surface area contributed by atoms with E-state index in [4.69, 9.17) is 4.74 Å². The van der Waals surface area contributed by atoms with Crippen LogP contribution in [0.15, 0.2) is 18.2 Å². The Kier molecular flexibility index (Phi) is 10.0. The van der Waals surface area contributed by atoms with Crippen molar-refractivity contribution in [2.45, 2.75) is 32.0 Å². The monoisotopic (exact) mass is 388 g/mol. The second kappa shape index (κ2) is 10.3. The summed E-state index contributed by atoms with van der Waals surface area (Å²) in [5.41, 5.74) is 0.183. The Morgan fingerprint density at radius 1 is 1.21 bits per heavy atom. The fourth-order valence-electron chi connectivity index (χ4n) is 2.96. The Labute approximate surface area is 153 Å². The van der Waals surface area contributed by atoms with E-state index in [0.29, 0.717) is 5.75 Å². The van der Waals surface area contributed by atoms with E-state index in [1.165, 1.54) is 7.11 Å².